The molecule has 1 saturated heterocycles. The topological polar surface area (TPSA) is 78.4 Å². The first-order valence-electron chi connectivity index (χ1n) is 10.6. The highest BCUT2D eigenvalue weighted by Gasteiger charge is 2.21. The third kappa shape index (κ3) is 8.09. The van der Waals surface area contributed by atoms with Crippen LogP contribution in [0.15, 0.2) is 47.5 Å². The number of methoxy groups -OCH3 is 1. The number of nitrogens with one attached hydrogen (secondary N) is 2. The Morgan fingerprint density at radius 1 is 1.21 bits per heavy atom. The van der Waals surface area contributed by atoms with E-state index in [0.29, 0.717) is 24.7 Å². The first-order chi connectivity index (χ1) is 15.5. The number of nitrogens with zero attached hydrogens (tertiary/aromatic N) is 2. The number of benzene rings is 2. The molecule has 0 aromatic heterocycles. The van der Waals surface area contributed by atoms with Gasteiger partial charge in [-0.1, -0.05) is 6.07 Å². The summed E-state index contributed by atoms with van der Waals surface area (Å²) in [6.07, 6.45) is 2.65. The van der Waals surface area contributed by atoms with Gasteiger partial charge in [-0.15, -0.1) is 24.0 Å². The van der Waals surface area contributed by atoms with E-state index in [1.54, 1.807) is 44.5 Å². The van der Waals surface area contributed by atoms with Crippen LogP contribution in [0.4, 0.5) is 14.5 Å². The Labute approximate surface area is 210 Å². The summed E-state index contributed by atoms with van der Waals surface area (Å²) in [4.78, 5) is 6.52. The summed E-state index contributed by atoms with van der Waals surface area (Å²) in [5.41, 5.74) is 1.80. The van der Waals surface area contributed by atoms with E-state index in [0.717, 1.165) is 37.2 Å². The lowest BCUT2D eigenvalue weighted by atomic mass is 10.0. The van der Waals surface area contributed by atoms with Crippen LogP contribution in [0.3, 0.4) is 0 Å². The van der Waals surface area contributed by atoms with Crippen LogP contribution >= 0.6 is 24.0 Å². The molecule has 2 aromatic carbocycles. The van der Waals surface area contributed by atoms with Gasteiger partial charge >= 0.3 is 6.61 Å². The van der Waals surface area contributed by atoms with Crippen molar-refractivity contribution in [1.82, 2.24) is 10.6 Å². The first-order valence-corrected chi connectivity index (χ1v) is 10.6. The molecule has 0 spiro atoms. The molecule has 3 rings (SSSR count). The zero-order chi connectivity index (χ0) is 22.9. The Morgan fingerprint density at radius 3 is 2.58 bits per heavy atom. The van der Waals surface area contributed by atoms with Crippen LogP contribution in [-0.4, -0.2) is 57.5 Å². The van der Waals surface area contributed by atoms with E-state index in [-0.39, 0.29) is 41.5 Å². The monoisotopic (exact) mass is 576 g/mol. The lowest BCUT2D eigenvalue weighted by Crippen LogP contribution is -2.51. The number of phenols is 1. The molecule has 0 aliphatic carbocycles. The summed E-state index contributed by atoms with van der Waals surface area (Å²) in [5.74, 6) is 1.69. The van der Waals surface area contributed by atoms with Gasteiger partial charge in [0, 0.05) is 44.5 Å². The summed E-state index contributed by atoms with van der Waals surface area (Å²) >= 11 is 0. The number of alkyl halides is 2. The molecule has 2 aromatic rings. The van der Waals surface area contributed by atoms with Crippen LogP contribution in [0.2, 0.25) is 0 Å². The van der Waals surface area contributed by atoms with E-state index < -0.39 is 6.61 Å². The minimum Gasteiger partial charge on any atom is -0.508 e. The number of aliphatic imine (C=N–C) groups is 1. The smallest absolute Gasteiger partial charge is 0.387 e. The van der Waals surface area contributed by atoms with Crippen LogP contribution in [-0.2, 0) is 6.42 Å². The number of rotatable bonds is 8. The molecule has 0 radical (unpaired) electrons. The standard InChI is InChI=1S/C23H30F2N4O3.HI/c1-26-23(27-12-11-16-5-8-20(31-2)14-21(16)30)28-17-4-3-13-29(15-17)18-6-9-19(10-7-18)32-22(24)25;/h5-10,14,17,22,30H,3-4,11-13,15H2,1-2H3,(H2,26,27,28);1H. The third-order valence-corrected chi connectivity index (χ3v) is 5.39. The molecule has 33 heavy (non-hydrogen) atoms. The maximum absolute atomic E-state index is 12.3. The average molecular weight is 576 g/mol. The van der Waals surface area contributed by atoms with Crippen molar-refractivity contribution in [2.75, 3.05) is 38.7 Å². The van der Waals surface area contributed by atoms with Crippen LogP contribution in [0.1, 0.15) is 18.4 Å². The van der Waals surface area contributed by atoms with Crippen LogP contribution in [0.5, 0.6) is 17.2 Å². The summed E-state index contributed by atoms with van der Waals surface area (Å²) in [5, 5.41) is 16.8. The van der Waals surface area contributed by atoms with Gasteiger partial charge < -0.3 is 30.1 Å². The first kappa shape index (κ1) is 26.7. The molecule has 10 heteroatoms. The zero-order valence-electron chi connectivity index (χ0n) is 18.8. The van der Waals surface area contributed by atoms with Crippen molar-refractivity contribution >= 4 is 35.6 Å². The van der Waals surface area contributed by atoms with Crippen molar-refractivity contribution in [3.8, 4) is 17.2 Å². The van der Waals surface area contributed by atoms with Gasteiger partial charge in [-0.05, 0) is 55.2 Å². The summed E-state index contributed by atoms with van der Waals surface area (Å²) < 4.78 is 34.2. The molecule has 0 saturated carbocycles. The van der Waals surface area contributed by atoms with Gasteiger partial charge in [0.25, 0.3) is 0 Å². The van der Waals surface area contributed by atoms with Gasteiger partial charge in [0.05, 0.1) is 7.11 Å². The highest BCUT2D eigenvalue weighted by molar-refractivity contribution is 14.0. The maximum atomic E-state index is 12.3. The Balaban J connectivity index is 0.00000385. The number of anilines is 1. The van der Waals surface area contributed by atoms with E-state index in [4.69, 9.17) is 4.74 Å². The van der Waals surface area contributed by atoms with Gasteiger partial charge in [0.1, 0.15) is 17.2 Å². The van der Waals surface area contributed by atoms with Crippen molar-refractivity contribution in [2.45, 2.75) is 31.9 Å². The minimum absolute atomic E-state index is 0. The molecule has 1 aliphatic rings. The fraction of sp³-hybridized carbons (Fsp3) is 0.435. The van der Waals surface area contributed by atoms with Crippen LogP contribution < -0.4 is 25.0 Å². The highest BCUT2D eigenvalue weighted by atomic mass is 127. The number of guanidine groups is 1. The fourth-order valence-corrected chi connectivity index (χ4v) is 3.75. The molecule has 182 valence electrons. The second kappa shape index (κ2) is 13.3. The average Bonchev–Trinajstić information content (AvgIpc) is 2.79. The lowest BCUT2D eigenvalue weighted by molar-refractivity contribution is -0.0498. The number of aromatic hydroxyl groups is 1. The maximum Gasteiger partial charge on any atom is 0.387 e. The predicted octanol–water partition coefficient (Wildman–Crippen LogP) is 4.00. The SMILES string of the molecule is CN=C(NCCc1ccc(OC)cc1O)NC1CCCN(c2ccc(OC(F)F)cc2)C1.I. The van der Waals surface area contributed by atoms with Gasteiger partial charge in [-0.2, -0.15) is 8.78 Å². The Bertz CT molecular complexity index is 900. The molecule has 0 bridgehead atoms. The lowest BCUT2D eigenvalue weighted by Gasteiger charge is -2.35. The summed E-state index contributed by atoms with van der Waals surface area (Å²) in [6, 6.07) is 12.2. The van der Waals surface area contributed by atoms with Crippen molar-refractivity contribution in [3.05, 3.63) is 48.0 Å². The molecular weight excluding hydrogens is 545 g/mol. The van der Waals surface area contributed by atoms with Gasteiger partial charge in [-0.25, -0.2) is 0 Å². The molecular formula is C23H31F2IN4O3. The molecule has 1 heterocycles. The number of halogens is 3. The van der Waals surface area contributed by atoms with Crippen molar-refractivity contribution in [2.24, 2.45) is 4.99 Å². The molecule has 1 fully saturated rings. The largest absolute Gasteiger partial charge is 0.508 e. The van der Waals surface area contributed by atoms with E-state index >= 15 is 0 Å². The molecule has 1 unspecified atom stereocenters. The highest BCUT2D eigenvalue weighted by Crippen LogP contribution is 2.25. The van der Waals surface area contributed by atoms with Crippen molar-refractivity contribution in [3.63, 3.8) is 0 Å². The van der Waals surface area contributed by atoms with Gasteiger partial charge in [0.2, 0.25) is 0 Å². The van der Waals surface area contributed by atoms with Crippen LogP contribution in [0.25, 0.3) is 0 Å². The number of hydrogen-bond acceptors (Lipinski definition) is 5. The Morgan fingerprint density at radius 2 is 1.94 bits per heavy atom. The molecule has 3 N–H and O–H groups in total. The third-order valence-electron chi connectivity index (χ3n) is 5.39. The van der Waals surface area contributed by atoms with E-state index in [9.17, 15) is 13.9 Å². The predicted molar refractivity (Wildman–Crippen MR) is 137 cm³/mol. The van der Waals surface area contributed by atoms with Crippen LogP contribution in [0, 0.1) is 0 Å². The quantitative estimate of drug-likeness (QED) is 0.251. The Kier molecular flexibility index (Phi) is 10.8. The molecule has 1 atom stereocenters. The number of ether oxygens (including phenoxy) is 2. The van der Waals surface area contributed by atoms with Gasteiger partial charge in [-0.3, -0.25) is 4.99 Å². The zero-order valence-corrected chi connectivity index (χ0v) is 21.1. The molecule has 7 nitrogen and oxygen atoms in total. The summed E-state index contributed by atoms with van der Waals surface area (Å²) in [7, 11) is 3.29. The number of phenolic OH excluding ortho intramolecular Hbond substituents is 1. The van der Waals surface area contributed by atoms with Crippen molar-refractivity contribution < 1.29 is 23.4 Å². The number of piperidine rings is 1. The second-order valence-corrected chi connectivity index (χ2v) is 7.55. The van der Waals surface area contributed by atoms with E-state index in [2.05, 4.69) is 25.3 Å². The van der Waals surface area contributed by atoms with E-state index in [1.165, 1.54) is 0 Å². The minimum atomic E-state index is -2.82. The fourth-order valence-electron chi connectivity index (χ4n) is 3.75. The molecule has 0 amide bonds. The second-order valence-electron chi connectivity index (χ2n) is 7.55. The summed E-state index contributed by atoms with van der Waals surface area (Å²) in [6.45, 7) is -0.538. The van der Waals surface area contributed by atoms with Gasteiger partial charge in [0.15, 0.2) is 5.96 Å². The Hall–Kier alpha value is -2.50. The van der Waals surface area contributed by atoms with E-state index in [1.807, 2.05) is 12.1 Å². The molecule has 1 aliphatic heterocycles. The van der Waals surface area contributed by atoms with Crippen molar-refractivity contribution in [1.29, 1.82) is 0 Å². The number of hydrogen-bond donors (Lipinski definition) is 3. The normalized spacial score (nSPS) is 16.2.